The maximum absolute atomic E-state index is 12.4. The van der Waals surface area contributed by atoms with Gasteiger partial charge in [-0.2, -0.15) is 0 Å². The first kappa shape index (κ1) is 12.5. The van der Waals surface area contributed by atoms with Gasteiger partial charge in [-0.3, -0.25) is 4.79 Å². The van der Waals surface area contributed by atoms with Crippen LogP contribution in [0.5, 0.6) is 5.75 Å². The minimum absolute atomic E-state index is 0.00180. The molecule has 0 aliphatic heterocycles. The summed E-state index contributed by atoms with van der Waals surface area (Å²) >= 11 is 0. The number of aromatic amines is 1. The Morgan fingerprint density at radius 2 is 2.22 bits per heavy atom. The molecule has 1 heterocycles. The summed E-state index contributed by atoms with van der Waals surface area (Å²) in [5.41, 5.74) is 0.643. The van der Waals surface area contributed by atoms with E-state index in [9.17, 15) is 13.6 Å². The zero-order valence-electron chi connectivity index (χ0n) is 9.87. The smallest absolute Gasteiger partial charge is 0.300 e. The van der Waals surface area contributed by atoms with E-state index in [0.29, 0.717) is 23.3 Å². The van der Waals surface area contributed by atoms with Crippen LogP contribution in [0.1, 0.15) is 23.7 Å². The fraction of sp³-hybridized carbons (Fsp3) is 0.308. The molecule has 0 atom stereocenters. The van der Waals surface area contributed by atoms with Gasteiger partial charge in [-0.1, -0.05) is 6.92 Å². The zero-order valence-corrected chi connectivity index (χ0v) is 9.87. The van der Waals surface area contributed by atoms with Crippen molar-refractivity contribution in [2.75, 3.05) is 6.61 Å². The van der Waals surface area contributed by atoms with E-state index in [0.717, 1.165) is 6.42 Å². The molecule has 0 unspecified atom stereocenters. The van der Waals surface area contributed by atoms with E-state index >= 15 is 0 Å². The van der Waals surface area contributed by atoms with Gasteiger partial charge in [0.05, 0.1) is 6.61 Å². The number of benzene rings is 1. The molecule has 3 nitrogen and oxygen atoms in total. The van der Waals surface area contributed by atoms with Crippen LogP contribution < -0.4 is 4.74 Å². The second-order valence-electron chi connectivity index (χ2n) is 3.92. The largest absolute Gasteiger partial charge is 0.494 e. The first-order chi connectivity index (χ1) is 8.63. The molecule has 0 amide bonds. The van der Waals surface area contributed by atoms with E-state index < -0.39 is 12.2 Å². The van der Waals surface area contributed by atoms with Crippen molar-refractivity contribution in [1.29, 1.82) is 0 Å². The summed E-state index contributed by atoms with van der Waals surface area (Å²) in [6, 6.07) is 5.06. The molecule has 0 bridgehead atoms. The Balaban J connectivity index is 2.40. The van der Waals surface area contributed by atoms with Crippen molar-refractivity contribution in [3.05, 3.63) is 30.0 Å². The lowest BCUT2D eigenvalue weighted by atomic mass is 10.1. The number of hydrogen-bond donors (Lipinski definition) is 1. The molecule has 0 fully saturated rings. The monoisotopic (exact) mass is 253 g/mol. The molecule has 0 saturated carbocycles. The highest BCUT2D eigenvalue weighted by atomic mass is 19.3. The average Bonchev–Trinajstić information content (AvgIpc) is 2.78. The number of nitrogens with one attached hydrogen (secondary N) is 1. The number of H-pyrrole nitrogens is 1. The summed E-state index contributed by atoms with van der Waals surface area (Å²) in [5, 5.41) is 0.467. The highest BCUT2D eigenvalue weighted by Gasteiger charge is 2.21. The molecule has 0 saturated heterocycles. The molecule has 0 aliphatic carbocycles. The van der Waals surface area contributed by atoms with Crippen molar-refractivity contribution < 1.29 is 18.3 Å². The summed E-state index contributed by atoms with van der Waals surface area (Å²) in [4.78, 5) is 14.1. The summed E-state index contributed by atoms with van der Waals surface area (Å²) in [6.45, 7) is 2.52. The van der Waals surface area contributed by atoms with E-state index in [1.54, 1.807) is 18.2 Å². The summed E-state index contributed by atoms with van der Waals surface area (Å²) in [5.74, 6) is -0.596. The second kappa shape index (κ2) is 5.16. The van der Waals surface area contributed by atoms with Crippen LogP contribution in [0.4, 0.5) is 8.78 Å². The molecule has 0 spiro atoms. The molecule has 1 aromatic heterocycles. The Kier molecular flexibility index (Phi) is 3.60. The summed E-state index contributed by atoms with van der Waals surface area (Å²) in [6.07, 6.45) is -0.833. The maximum atomic E-state index is 12.4. The van der Waals surface area contributed by atoms with Crippen LogP contribution in [0.25, 0.3) is 10.9 Å². The zero-order chi connectivity index (χ0) is 13.1. The third kappa shape index (κ3) is 2.34. The van der Waals surface area contributed by atoms with Gasteiger partial charge in [0.2, 0.25) is 5.78 Å². The summed E-state index contributed by atoms with van der Waals surface area (Å²) < 4.78 is 30.3. The SMILES string of the molecule is CCCOc1ccc2[nH]cc(C(=O)C(F)F)c2c1. The molecular weight excluding hydrogens is 240 g/mol. The van der Waals surface area contributed by atoms with Gasteiger partial charge in [0.25, 0.3) is 0 Å². The minimum atomic E-state index is -3.00. The normalized spacial score (nSPS) is 11.1. The number of carbonyl (C=O) groups excluding carboxylic acids is 1. The van der Waals surface area contributed by atoms with Gasteiger partial charge >= 0.3 is 6.43 Å². The van der Waals surface area contributed by atoms with Gasteiger partial charge in [0, 0.05) is 22.7 Å². The molecular formula is C13H13F2NO2. The van der Waals surface area contributed by atoms with Crippen LogP contribution in [0, 0.1) is 0 Å². The molecule has 2 rings (SSSR count). The van der Waals surface area contributed by atoms with Crippen LogP contribution in [-0.2, 0) is 0 Å². The highest BCUT2D eigenvalue weighted by molar-refractivity contribution is 6.09. The van der Waals surface area contributed by atoms with E-state index in [1.807, 2.05) is 6.92 Å². The number of hydrogen-bond acceptors (Lipinski definition) is 2. The van der Waals surface area contributed by atoms with Crippen LogP contribution in [0.3, 0.4) is 0 Å². The van der Waals surface area contributed by atoms with Crippen LogP contribution in [-0.4, -0.2) is 23.8 Å². The van der Waals surface area contributed by atoms with Gasteiger partial charge < -0.3 is 9.72 Å². The van der Waals surface area contributed by atoms with Gasteiger partial charge in [0.1, 0.15) is 5.75 Å². The van der Waals surface area contributed by atoms with Gasteiger partial charge in [-0.05, 0) is 24.6 Å². The number of aromatic nitrogens is 1. The predicted octanol–water partition coefficient (Wildman–Crippen LogP) is 3.40. The number of ether oxygens (including phenoxy) is 1. The van der Waals surface area contributed by atoms with Crippen molar-refractivity contribution in [3.8, 4) is 5.75 Å². The number of fused-ring (bicyclic) bond motifs is 1. The Morgan fingerprint density at radius 3 is 2.89 bits per heavy atom. The van der Waals surface area contributed by atoms with Crippen molar-refractivity contribution in [2.45, 2.75) is 19.8 Å². The molecule has 1 aromatic carbocycles. The topological polar surface area (TPSA) is 42.1 Å². The van der Waals surface area contributed by atoms with E-state index in [4.69, 9.17) is 4.74 Å². The molecule has 18 heavy (non-hydrogen) atoms. The molecule has 96 valence electrons. The lowest BCUT2D eigenvalue weighted by Crippen LogP contribution is -2.09. The standard InChI is InChI=1S/C13H13F2NO2/c1-2-5-18-8-3-4-11-9(6-8)10(7-16-11)12(17)13(14)15/h3-4,6-7,13,16H,2,5H2,1H3. The molecule has 0 radical (unpaired) electrons. The number of Topliss-reactive ketones (excluding diaryl/α,β-unsaturated/α-hetero) is 1. The Hall–Kier alpha value is -1.91. The molecule has 1 N–H and O–H groups in total. The lowest BCUT2D eigenvalue weighted by Gasteiger charge is -2.04. The highest BCUT2D eigenvalue weighted by Crippen LogP contribution is 2.25. The quantitative estimate of drug-likeness (QED) is 0.830. The Bertz CT molecular complexity index is 563. The third-order valence-corrected chi connectivity index (χ3v) is 2.59. The minimum Gasteiger partial charge on any atom is -0.494 e. The van der Waals surface area contributed by atoms with E-state index in [1.165, 1.54) is 6.20 Å². The van der Waals surface area contributed by atoms with Crippen molar-refractivity contribution >= 4 is 16.7 Å². The number of carbonyl (C=O) groups is 1. The van der Waals surface area contributed by atoms with E-state index in [-0.39, 0.29) is 5.56 Å². The third-order valence-electron chi connectivity index (χ3n) is 2.59. The van der Waals surface area contributed by atoms with Crippen molar-refractivity contribution in [3.63, 3.8) is 0 Å². The predicted molar refractivity (Wildman–Crippen MR) is 64.4 cm³/mol. The van der Waals surface area contributed by atoms with Crippen LogP contribution >= 0.6 is 0 Å². The first-order valence-corrected chi connectivity index (χ1v) is 5.69. The number of alkyl halides is 2. The van der Waals surface area contributed by atoms with E-state index in [2.05, 4.69) is 4.98 Å². The number of ketones is 1. The fourth-order valence-corrected chi connectivity index (χ4v) is 1.73. The lowest BCUT2D eigenvalue weighted by molar-refractivity contribution is 0.0680. The molecule has 5 heteroatoms. The fourth-order valence-electron chi connectivity index (χ4n) is 1.73. The average molecular weight is 253 g/mol. The number of halogens is 2. The molecule has 0 aliphatic rings. The van der Waals surface area contributed by atoms with Crippen LogP contribution in [0.15, 0.2) is 24.4 Å². The maximum Gasteiger partial charge on any atom is 0.300 e. The second-order valence-corrected chi connectivity index (χ2v) is 3.92. The first-order valence-electron chi connectivity index (χ1n) is 5.69. The Labute approximate surface area is 103 Å². The Morgan fingerprint density at radius 1 is 1.44 bits per heavy atom. The van der Waals surface area contributed by atoms with Gasteiger partial charge in [-0.15, -0.1) is 0 Å². The van der Waals surface area contributed by atoms with Crippen LogP contribution in [0.2, 0.25) is 0 Å². The molecule has 2 aromatic rings. The van der Waals surface area contributed by atoms with Gasteiger partial charge in [0.15, 0.2) is 0 Å². The summed E-state index contributed by atoms with van der Waals surface area (Å²) in [7, 11) is 0. The van der Waals surface area contributed by atoms with Crippen molar-refractivity contribution in [2.24, 2.45) is 0 Å². The number of rotatable bonds is 5. The van der Waals surface area contributed by atoms with Crippen molar-refractivity contribution in [1.82, 2.24) is 4.98 Å². The van der Waals surface area contributed by atoms with Gasteiger partial charge in [-0.25, -0.2) is 8.78 Å².